The fourth-order valence-electron chi connectivity index (χ4n) is 1.39. The number of carbonyl (C=O) groups excluding carboxylic acids is 1. The molecule has 1 rings (SSSR count). The summed E-state index contributed by atoms with van der Waals surface area (Å²) < 4.78 is 9.87. The molecule has 1 aromatic carbocycles. The Morgan fingerprint density at radius 3 is 2.76 bits per heavy atom. The van der Waals surface area contributed by atoms with Crippen LogP contribution in [0.3, 0.4) is 0 Å². The van der Waals surface area contributed by atoms with Gasteiger partial charge in [0.05, 0.1) is 18.7 Å². The number of alkyl carbamates (subject to hydrolysis) is 1. The van der Waals surface area contributed by atoms with E-state index in [1.807, 2.05) is 13.0 Å². The minimum atomic E-state index is -0.432. The Hall–Kier alpha value is -1.42. The van der Waals surface area contributed by atoms with Crippen LogP contribution in [0.5, 0.6) is 5.75 Å². The number of hydrogen-bond donors (Lipinski definition) is 1. The van der Waals surface area contributed by atoms with Crippen molar-refractivity contribution in [1.29, 1.82) is 0 Å². The van der Waals surface area contributed by atoms with Crippen molar-refractivity contribution in [2.75, 3.05) is 13.7 Å². The molecule has 0 radical (unpaired) electrons. The van der Waals surface area contributed by atoms with Crippen molar-refractivity contribution in [3.05, 3.63) is 28.3 Å². The largest absolute Gasteiger partial charge is 0.495 e. The van der Waals surface area contributed by atoms with Crippen LogP contribution in [0.15, 0.2) is 12.1 Å². The van der Waals surface area contributed by atoms with Crippen LogP contribution in [0.1, 0.15) is 18.1 Å². The van der Waals surface area contributed by atoms with Crippen LogP contribution in [-0.2, 0) is 11.3 Å². The Labute approximate surface area is 106 Å². The van der Waals surface area contributed by atoms with Gasteiger partial charge in [0.2, 0.25) is 0 Å². The fraction of sp³-hybridized carbons (Fsp3) is 0.417. The number of carbonyl (C=O) groups is 1. The summed E-state index contributed by atoms with van der Waals surface area (Å²) in [6.45, 7) is 4.43. The standard InChI is InChI=1S/C12H16ClNO3/c1-4-17-12(15)14-7-9-6-10(13)11(16-3)5-8(9)2/h5-6H,4,7H2,1-3H3,(H,14,15). The third kappa shape index (κ3) is 3.82. The minimum absolute atomic E-state index is 0.355. The molecule has 0 saturated heterocycles. The quantitative estimate of drug-likeness (QED) is 0.902. The Morgan fingerprint density at radius 1 is 1.47 bits per heavy atom. The maximum atomic E-state index is 11.1. The smallest absolute Gasteiger partial charge is 0.407 e. The second-order valence-corrected chi connectivity index (χ2v) is 3.89. The van der Waals surface area contributed by atoms with Gasteiger partial charge in [-0.05, 0) is 37.1 Å². The van der Waals surface area contributed by atoms with Crippen molar-refractivity contribution in [2.45, 2.75) is 20.4 Å². The van der Waals surface area contributed by atoms with Gasteiger partial charge in [-0.3, -0.25) is 0 Å². The number of nitrogens with one attached hydrogen (secondary N) is 1. The number of benzene rings is 1. The van der Waals surface area contributed by atoms with Crippen LogP contribution < -0.4 is 10.1 Å². The zero-order valence-corrected chi connectivity index (χ0v) is 10.9. The van der Waals surface area contributed by atoms with Gasteiger partial charge in [0.1, 0.15) is 5.75 Å². The average Bonchev–Trinajstić information content (AvgIpc) is 2.30. The second-order valence-electron chi connectivity index (χ2n) is 3.49. The first-order valence-electron chi connectivity index (χ1n) is 5.32. The monoisotopic (exact) mass is 257 g/mol. The lowest BCUT2D eigenvalue weighted by molar-refractivity contribution is 0.151. The number of aryl methyl sites for hydroxylation is 1. The first-order chi connectivity index (χ1) is 8.08. The van der Waals surface area contributed by atoms with Crippen molar-refractivity contribution < 1.29 is 14.3 Å². The van der Waals surface area contributed by atoms with Crippen molar-refractivity contribution in [2.24, 2.45) is 0 Å². The zero-order chi connectivity index (χ0) is 12.8. The highest BCUT2D eigenvalue weighted by atomic mass is 35.5. The van der Waals surface area contributed by atoms with Gasteiger partial charge in [0.25, 0.3) is 0 Å². The van der Waals surface area contributed by atoms with E-state index in [1.165, 1.54) is 0 Å². The fourth-order valence-corrected chi connectivity index (χ4v) is 1.66. The summed E-state index contributed by atoms with van der Waals surface area (Å²) in [6, 6.07) is 3.62. The van der Waals surface area contributed by atoms with Crippen molar-refractivity contribution in [3.63, 3.8) is 0 Å². The van der Waals surface area contributed by atoms with Gasteiger partial charge in [0, 0.05) is 6.54 Å². The SMILES string of the molecule is CCOC(=O)NCc1cc(Cl)c(OC)cc1C. The number of ether oxygens (including phenoxy) is 2. The van der Waals surface area contributed by atoms with Crippen molar-refractivity contribution in [1.82, 2.24) is 5.32 Å². The number of amides is 1. The van der Waals surface area contributed by atoms with E-state index in [0.29, 0.717) is 23.9 Å². The molecule has 0 unspecified atom stereocenters. The van der Waals surface area contributed by atoms with E-state index in [2.05, 4.69) is 5.32 Å². The first kappa shape index (κ1) is 13.6. The average molecular weight is 258 g/mol. The molecule has 0 aromatic heterocycles. The zero-order valence-electron chi connectivity index (χ0n) is 10.2. The number of rotatable bonds is 4. The summed E-state index contributed by atoms with van der Waals surface area (Å²) in [4.78, 5) is 11.1. The Morgan fingerprint density at radius 2 is 2.18 bits per heavy atom. The number of halogens is 1. The summed E-state index contributed by atoms with van der Waals surface area (Å²) in [5, 5.41) is 3.17. The van der Waals surface area contributed by atoms with E-state index in [4.69, 9.17) is 21.1 Å². The third-order valence-electron chi connectivity index (χ3n) is 2.31. The van der Waals surface area contributed by atoms with E-state index in [9.17, 15) is 4.79 Å². The molecule has 0 bridgehead atoms. The molecule has 0 fully saturated rings. The lowest BCUT2D eigenvalue weighted by Crippen LogP contribution is -2.24. The van der Waals surface area contributed by atoms with Gasteiger partial charge in [0.15, 0.2) is 0 Å². The van der Waals surface area contributed by atoms with Crippen LogP contribution in [0.2, 0.25) is 5.02 Å². The maximum absolute atomic E-state index is 11.1. The Bertz CT molecular complexity index is 407. The molecule has 1 aromatic rings. The van der Waals surface area contributed by atoms with Gasteiger partial charge in [-0.15, -0.1) is 0 Å². The van der Waals surface area contributed by atoms with Crippen LogP contribution in [0, 0.1) is 6.92 Å². The van der Waals surface area contributed by atoms with E-state index in [0.717, 1.165) is 11.1 Å². The van der Waals surface area contributed by atoms with Crippen LogP contribution in [-0.4, -0.2) is 19.8 Å². The van der Waals surface area contributed by atoms with Crippen LogP contribution in [0.25, 0.3) is 0 Å². The Kier molecular flexibility index (Phi) is 5.10. The van der Waals surface area contributed by atoms with Crippen LogP contribution >= 0.6 is 11.6 Å². The molecule has 0 spiro atoms. The van der Waals surface area contributed by atoms with Gasteiger partial charge < -0.3 is 14.8 Å². The van der Waals surface area contributed by atoms with E-state index < -0.39 is 6.09 Å². The molecule has 0 aliphatic heterocycles. The topological polar surface area (TPSA) is 47.6 Å². The molecule has 1 N–H and O–H groups in total. The minimum Gasteiger partial charge on any atom is -0.495 e. The molecule has 0 aliphatic carbocycles. The number of hydrogen-bond acceptors (Lipinski definition) is 3. The summed E-state index contributed by atoms with van der Waals surface area (Å²) >= 11 is 6.01. The highest BCUT2D eigenvalue weighted by Gasteiger charge is 2.07. The van der Waals surface area contributed by atoms with Crippen LogP contribution in [0.4, 0.5) is 4.79 Å². The maximum Gasteiger partial charge on any atom is 0.407 e. The molecule has 4 nitrogen and oxygen atoms in total. The van der Waals surface area contributed by atoms with Crippen molar-refractivity contribution >= 4 is 17.7 Å². The molecular weight excluding hydrogens is 242 g/mol. The lowest BCUT2D eigenvalue weighted by atomic mass is 10.1. The molecule has 0 saturated carbocycles. The van der Waals surface area contributed by atoms with Gasteiger partial charge in [-0.1, -0.05) is 11.6 Å². The molecule has 5 heteroatoms. The summed E-state index contributed by atoms with van der Waals surface area (Å²) in [5.74, 6) is 0.629. The highest BCUT2D eigenvalue weighted by Crippen LogP contribution is 2.27. The summed E-state index contributed by atoms with van der Waals surface area (Å²) in [7, 11) is 1.57. The predicted molar refractivity (Wildman–Crippen MR) is 66.6 cm³/mol. The molecule has 0 heterocycles. The predicted octanol–water partition coefficient (Wildman–Crippen LogP) is 2.90. The first-order valence-corrected chi connectivity index (χ1v) is 5.70. The molecule has 17 heavy (non-hydrogen) atoms. The second kappa shape index (κ2) is 6.35. The van der Waals surface area contributed by atoms with E-state index >= 15 is 0 Å². The van der Waals surface area contributed by atoms with Gasteiger partial charge in [-0.25, -0.2) is 4.79 Å². The summed E-state index contributed by atoms with van der Waals surface area (Å²) in [5.41, 5.74) is 1.94. The Balaban J connectivity index is 2.72. The molecule has 1 amide bonds. The van der Waals surface area contributed by atoms with Crippen molar-refractivity contribution in [3.8, 4) is 5.75 Å². The molecular formula is C12H16ClNO3. The normalized spacial score (nSPS) is 9.88. The van der Waals surface area contributed by atoms with Gasteiger partial charge >= 0.3 is 6.09 Å². The summed E-state index contributed by atoms with van der Waals surface area (Å²) in [6.07, 6.45) is -0.432. The number of methoxy groups -OCH3 is 1. The molecule has 0 aliphatic rings. The van der Waals surface area contributed by atoms with E-state index in [1.54, 1.807) is 20.1 Å². The molecule has 0 atom stereocenters. The van der Waals surface area contributed by atoms with E-state index in [-0.39, 0.29) is 0 Å². The van der Waals surface area contributed by atoms with Gasteiger partial charge in [-0.2, -0.15) is 0 Å². The third-order valence-corrected chi connectivity index (χ3v) is 2.60. The molecule has 94 valence electrons. The highest BCUT2D eigenvalue weighted by molar-refractivity contribution is 6.32. The lowest BCUT2D eigenvalue weighted by Gasteiger charge is -2.11.